The van der Waals surface area contributed by atoms with Gasteiger partial charge >= 0.3 is 0 Å². The van der Waals surface area contributed by atoms with E-state index in [9.17, 15) is 4.39 Å². The number of aromatic nitrogens is 2. The summed E-state index contributed by atoms with van der Waals surface area (Å²) >= 11 is 1.91. The van der Waals surface area contributed by atoms with Gasteiger partial charge in [0, 0.05) is 22.6 Å². The number of thioether (sulfide) groups is 1. The highest BCUT2D eigenvalue weighted by atomic mass is 32.2. The molecule has 21 heavy (non-hydrogen) atoms. The van der Waals surface area contributed by atoms with Crippen LogP contribution in [0.5, 0.6) is 0 Å². The molecule has 1 aromatic heterocycles. The molecule has 2 aromatic rings. The van der Waals surface area contributed by atoms with Crippen LogP contribution in [0.3, 0.4) is 0 Å². The molecule has 5 heteroatoms. The SMILES string of the molecule is CC(C)(C)SCCNc1ccc(-c2ccc(F)cc2)nn1. The summed E-state index contributed by atoms with van der Waals surface area (Å²) in [6, 6.07) is 10.0. The molecule has 0 amide bonds. The Morgan fingerprint density at radius 3 is 2.33 bits per heavy atom. The summed E-state index contributed by atoms with van der Waals surface area (Å²) in [7, 11) is 0. The van der Waals surface area contributed by atoms with Gasteiger partial charge in [-0.25, -0.2) is 4.39 Å². The van der Waals surface area contributed by atoms with Crippen LogP contribution in [0.15, 0.2) is 36.4 Å². The van der Waals surface area contributed by atoms with Crippen LogP contribution in [0.4, 0.5) is 10.2 Å². The molecule has 0 bridgehead atoms. The monoisotopic (exact) mass is 305 g/mol. The van der Waals surface area contributed by atoms with Crippen molar-refractivity contribution < 1.29 is 4.39 Å². The predicted molar refractivity (Wildman–Crippen MR) is 88.1 cm³/mol. The average Bonchev–Trinajstić information content (AvgIpc) is 2.44. The van der Waals surface area contributed by atoms with E-state index in [1.54, 1.807) is 12.1 Å². The maximum Gasteiger partial charge on any atom is 0.148 e. The van der Waals surface area contributed by atoms with Crippen LogP contribution in [0.25, 0.3) is 11.3 Å². The van der Waals surface area contributed by atoms with Gasteiger partial charge in [-0.3, -0.25) is 0 Å². The third-order valence-electron chi connectivity index (χ3n) is 2.75. The molecule has 0 aliphatic heterocycles. The molecule has 2 rings (SSSR count). The summed E-state index contributed by atoms with van der Waals surface area (Å²) in [6.07, 6.45) is 0. The molecule has 1 aromatic carbocycles. The Kier molecular flexibility index (Phi) is 5.17. The Bertz CT molecular complexity index is 562. The van der Waals surface area contributed by atoms with Crippen molar-refractivity contribution in [1.29, 1.82) is 0 Å². The normalized spacial score (nSPS) is 11.4. The highest BCUT2D eigenvalue weighted by molar-refractivity contribution is 8.00. The number of hydrogen-bond acceptors (Lipinski definition) is 4. The van der Waals surface area contributed by atoms with Gasteiger partial charge in [-0.1, -0.05) is 20.8 Å². The van der Waals surface area contributed by atoms with Crippen LogP contribution in [0, 0.1) is 5.82 Å². The first-order chi connectivity index (χ1) is 9.94. The summed E-state index contributed by atoms with van der Waals surface area (Å²) in [5.41, 5.74) is 1.60. The van der Waals surface area contributed by atoms with Crippen molar-refractivity contribution in [1.82, 2.24) is 10.2 Å². The smallest absolute Gasteiger partial charge is 0.148 e. The first-order valence-electron chi connectivity index (χ1n) is 6.91. The lowest BCUT2D eigenvalue weighted by Gasteiger charge is -2.17. The summed E-state index contributed by atoms with van der Waals surface area (Å²) in [4.78, 5) is 0. The zero-order chi connectivity index (χ0) is 15.3. The average molecular weight is 305 g/mol. The summed E-state index contributed by atoms with van der Waals surface area (Å²) in [5.74, 6) is 1.53. The number of benzene rings is 1. The Balaban J connectivity index is 1.89. The Labute approximate surface area is 129 Å². The minimum atomic E-state index is -0.249. The number of hydrogen-bond donors (Lipinski definition) is 1. The van der Waals surface area contributed by atoms with Gasteiger partial charge in [-0.15, -0.1) is 10.2 Å². The van der Waals surface area contributed by atoms with E-state index in [0.29, 0.717) is 0 Å². The van der Waals surface area contributed by atoms with Crippen molar-refractivity contribution in [2.75, 3.05) is 17.6 Å². The highest BCUT2D eigenvalue weighted by Crippen LogP contribution is 2.22. The number of halogens is 1. The molecule has 3 nitrogen and oxygen atoms in total. The second-order valence-electron chi connectivity index (χ2n) is 5.70. The van der Waals surface area contributed by atoms with E-state index in [-0.39, 0.29) is 10.6 Å². The zero-order valence-corrected chi connectivity index (χ0v) is 13.4. The quantitative estimate of drug-likeness (QED) is 0.839. The Hall–Kier alpha value is -1.62. The fraction of sp³-hybridized carbons (Fsp3) is 0.375. The van der Waals surface area contributed by atoms with E-state index in [1.165, 1.54) is 12.1 Å². The molecule has 0 radical (unpaired) electrons. The van der Waals surface area contributed by atoms with Crippen LogP contribution in [0.1, 0.15) is 20.8 Å². The molecule has 0 spiro atoms. The summed E-state index contributed by atoms with van der Waals surface area (Å²) in [5, 5.41) is 11.6. The van der Waals surface area contributed by atoms with E-state index in [2.05, 4.69) is 36.3 Å². The van der Waals surface area contributed by atoms with Gasteiger partial charge in [0.05, 0.1) is 5.69 Å². The molecule has 1 heterocycles. The van der Waals surface area contributed by atoms with E-state index >= 15 is 0 Å². The van der Waals surface area contributed by atoms with Gasteiger partial charge in [0.1, 0.15) is 11.6 Å². The molecular formula is C16H20FN3S. The number of nitrogens with one attached hydrogen (secondary N) is 1. The highest BCUT2D eigenvalue weighted by Gasteiger charge is 2.09. The second kappa shape index (κ2) is 6.89. The van der Waals surface area contributed by atoms with Crippen LogP contribution >= 0.6 is 11.8 Å². The molecule has 0 aliphatic rings. The molecule has 0 atom stereocenters. The third-order valence-corrected chi connectivity index (χ3v) is 4.02. The molecule has 112 valence electrons. The first kappa shape index (κ1) is 15.8. The van der Waals surface area contributed by atoms with Gasteiger partial charge < -0.3 is 5.32 Å². The lowest BCUT2D eigenvalue weighted by molar-refractivity contribution is 0.628. The third kappa shape index (κ3) is 5.34. The molecule has 0 saturated heterocycles. The zero-order valence-electron chi connectivity index (χ0n) is 12.6. The lowest BCUT2D eigenvalue weighted by Crippen LogP contribution is -2.13. The largest absolute Gasteiger partial charge is 0.368 e. The number of anilines is 1. The van der Waals surface area contributed by atoms with E-state index in [0.717, 1.165) is 29.4 Å². The van der Waals surface area contributed by atoms with Gasteiger partial charge in [-0.05, 0) is 36.4 Å². The standard InChI is InChI=1S/C16H20FN3S/c1-16(2,3)21-11-10-18-15-9-8-14(19-20-15)12-4-6-13(17)7-5-12/h4-9H,10-11H2,1-3H3,(H,18,20). The van der Waals surface area contributed by atoms with Gasteiger partial charge in [-0.2, -0.15) is 11.8 Å². The van der Waals surface area contributed by atoms with Crippen molar-refractivity contribution in [2.45, 2.75) is 25.5 Å². The molecular weight excluding hydrogens is 285 g/mol. The van der Waals surface area contributed by atoms with Gasteiger partial charge in [0.25, 0.3) is 0 Å². The van der Waals surface area contributed by atoms with Crippen molar-refractivity contribution >= 4 is 17.6 Å². The summed E-state index contributed by atoms with van der Waals surface area (Å²) in [6.45, 7) is 7.46. The maximum absolute atomic E-state index is 12.9. The first-order valence-corrected chi connectivity index (χ1v) is 7.90. The maximum atomic E-state index is 12.9. The summed E-state index contributed by atoms with van der Waals surface area (Å²) < 4.78 is 13.2. The number of rotatable bonds is 5. The molecule has 0 aliphatic carbocycles. The van der Waals surface area contributed by atoms with E-state index in [4.69, 9.17) is 0 Å². The van der Waals surface area contributed by atoms with Crippen LogP contribution in [-0.4, -0.2) is 27.2 Å². The van der Waals surface area contributed by atoms with Gasteiger partial charge in [0.2, 0.25) is 0 Å². The van der Waals surface area contributed by atoms with Gasteiger partial charge in [0.15, 0.2) is 0 Å². The predicted octanol–water partition coefficient (Wildman–Crippen LogP) is 4.23. The minimum absolute atomic E-state index is 0.249. The van der Waals surface area contributed by atoms with Crippen molar-refractivity contribution in [3.63, 3.8) is 0 Å². The minimum Gasteiger partial charge on any atom is -0.368 e. The Morgan fingerprint density at radius 2 is 1.76 bits per heavy atom. The van der Waals surface area contributed by atoms with Crippen LogP contribution in [-0.2, 0) is 0 Å². The Morgan fingerprint density at radius 1 is 1.05 bits per heavy atom. The molecule has 0 unspecified atom stereocenters. The second-order valence-corrected chi connectivity index (χ2v) is 7.62. The molecule has 0 saturated carbocycles. The number of nitrogens with zero attached hydrogens (tertiary/aromatic N) is 2. The fourth-order valence-electron chi connectivity index (χ4n) is 1.74. The fourth-order valence-corrected chi connectivity index (χ4v) is 2.55. The van der Waals surface area contributed by atoms with E-state index in [1.807, 2.05) is 23.9 Å². The van der Waals surface area contributed by atoms with Crippen molar-refractivity contribution in [3.05, 3.63) is 42.2 Å². The van der Waals surface area contributed by atoms with Crippen molar-refractivity contribution in [2.24, 2.45) is 0 Å². The lowest BCUT2D eigenvalue weighted by atomic mass is 10.1. The van der Waals surface area contributed by atoms with Crippen LogP contribution < -0.4 is 5.32 Å². The molecule has 0 fully saturated rings. The van der Waals surface area contributed by atoms with E-state index < -0.39 is 0 Å². The topological polar surface area (TPSA) is 37.8 Å². The van der Waals surface area contributed by atoms with Crippen LogP contribution in [0.2, 0.25) is 0 Å². The molecule has 1 N–H and O–H groups in total. The van der Waals surface area contributed by atoms with Crippen molar-refractivity contribution in [3.8, 4) is 11.3 Å².